The van der Waals surface area contributed by atoms with Crippen LogP contribution in [0.1, 0.15) is 5.56 Å². The van der Waals surface area contributed by atoms with Crippen LogP contribution in [-0.2, 0) is 16.8 Å². The first-order chi connectivity index (χ1) is 7.75. The van der Waals surface area contributed by atoms with E-state index in [1.54, 1.807) is 0 Å². The van der Waals surface area contributed by atoms with E-state index < -0.39 is 11.1 Å². The third-order valence-electron chi connectivity index (χ3n) is 2.68. The molecule has 1 heterocycles. The summed E-state index contributed by atoms with van der Waals surface area (Å²) in [5.41, 5.74) is 2.06. The standard InChI is InChI=1S/C11H16N2O2S/c14-16(15)9-10-2-1-3-11(8-10)13-6-4-12-5-7-13/h1-3,8,12H,4-7,9H2,(H,14,15). The summed E-state index contributed by atoms with van der Waals surface area (Å²) < 4.78 is 19.6. The second kappa shape index (κ2) is 5.43. The largest absolute Gasteiger partial charge is 0.369 e. The van der Waals surface area contributed by atoms with Crippen molar-refractivity contribution in [2.75, 3.05) is 31.1 Å². The normalized spacial score (nSPS) is 18.4. The first kappa shape index (κ1) is 11.6. The van der Waals surface area contributed by atoms with Gasteiger partial charge in [-0.1, -0.05) is 12.1 Å². The number of benzene rings is 1. The fraction of sp³-hybridized carbons (Fsp3) is 0.455. The van der Waals surface area contributed by atoms with Crippen molar-refractivity contribution in [2.24, 2.45) is 0 Å². The lowest BCUT2D eigenvalue weighted by molar-refractivity contribution is 0.563. The van der Waals surface area contributed by atoms with E-state index in [0.29, 0.717) is 0 Å². The van der Waals surface area contributed by atoms with Gasteiger partial charge in [0.15, 0.2) is 11.1 Å². The molecule has 0 saturated carbocycles. The maximum atomic E-state index is 10.7. The van der Waals surface area contributed by atoms with Crippen molar-refractivity contribution < 1.29 is 8.76 Å². The molecule has 1 aromatic rings. The predicted octanol–water partition coefficient (Wildman–Crippen LogP) is 0.818. The number of nitrogens with one attached hydrogen (secondary N) is 1. The summed E-state index contributed by atoms with van der Waals surface area (Å²) in [5, 5.41) is 3.30. The van der Waals surface area contributed by atoms with Crippen LogP contribution < -0.4 is 10.2 Å². The predicted molar refractivity (Wildman–Crippen MR) is 66.0 cm³/mol. The van der Waals surface area contributed by atoms with Gasteiger partial charge < -0.3 is 14.8 Å². The van der Waals surface area contributed by atoms with Gasteiger partial charge in [0.25, 0.3) is 0 Å². The van der Waals surface area contributed by atoms with Gasteiger partial charge in [-0.2, -0.15) is 0 Å². The van der Waals surface area contributed by atoms with Crippen LogP contribution in [0.3, 0.4) is 0 Å². The zero-order valence-corrected chi connectivity index (χ0v) is 9.87. The highest BCUT2D eigenvalue weighted by Crippen LogP contribution is 2.17. The molecule has 2 N–H and O–H groups in total. The fourth-order valence-corrected chi connectivity index (χ4v) is 2.37. The highest BCUT2D eigenvalue weighted by Gasteiger charge is 2.10. The van der Waals surface area contributed by atoms with Gasteiger partial charge in [0.2, 0.25) is 0 Å². The van der Waals surface area contributed by atoms with Crippen LogP contribution in [0.4, 0.5) is 5.69 Å². The first-order valence-electron chi connectivity index (χ1n) is 5.38. The van der Waals surface area contributed by atoms with E-state index in [0.717, 1.165) is 37.4 Å². The molecule has 2 rings (SSSR count). The Hall–Kier alpha value is -0.910. The molecule has 1 aliphatic rings. The van der Waals surface area contributed by atoms with Gasteiger partial charge in [-0.15, -0.1) is 0 Å². The minimum atomic E-state index is -1.76. The van der Waals surface area contributed by atoms with Gasteiger partial charge in [-0.25, -0.2) is 4.21 Å². The molecule has 1 saturated heterocycles. The van der Waals surface area contributed by atoms with Gasteiger partial charge >= 0.3 is 0 Å². The minimum absolute atomic E-state index is 0.208. The molecule has 1 fully saturated rings. The van der Waals surface area contributed by atoms with Crippen LogP contribution in [0.25, 0.3) is 0 Å². The minimum Gasteiger partial charge on any atom is -0.369 e. The lowest BCUT2D eigenvalue weighted by Crippen LogP contribution is -2.43. The summed E-state index contributed by atoms with van der Waals surface area (Å²) in [6.07, 6.45) is 0. The Labute approximate surface area is 97.9 Å². The molecule has 88 valence electrons. The van der Waals surface area contributed by atoms with Crippen molar-refractivity contribution in [3.63, 3.8) is 0 Å². The van der Waals surface area contributed by atoms with Crippen molar-refractivity contribution in [3.05, 3.63) is 29.8 Å². The van der Waals surface area contributed by atoms with E-state index in [1.165, 1.54) is 0 Å². The summed E-state index contributed by atoms with van der Waals surface area (Å²) >= 11 is -1.76. The third kappa shape index (κ3) is 3.04. The maximum Gasteiger partial charge on any atom is 0.157 e. The average Bonchev–Trinajstić information content (AvgIpc) is 2.30. The molecule has 1 aliphatic heterocycles. The first-order valence-corrected chi connectivity index (χ1v) is 6.65. The molecule has 4 nitrogen and oxygen atoms in total. The topological polar surface area (TPSA) is 52.6 Å². The zero-order chi connectivity index (χ0) is 11.4. The second-order valence-electron chi connectivity index (χ2n) is 3.87. The molecule has 0 aromatic heterocycles. The molecule has 1 unspecified atom stereocenters. The Kier molecular flexibility index (Phi) is 3.93. The lowest BCUT2D eigenvalue weighted by Gasteiger charge is -2.29. The summed E-state index contributed by atoms with van der Waals surface area (Å²) in [4.78, 5) is 2.29. The van der Waals surface area contributed by atoms with Crippen LogP contribution >= 0.6 is 0 Å². The summed E-state index contributed by atoms with van der Waals surface area (Å²) in [6.45, 7) is 3.98. The van der Waals surface area contributed by atoms with E-state index in [4.69, 9.17) is 4.55 Å². The van der Waals surface area contributed by atoms with Crippen molar-refractivity contribution in [1.82, 2.24) is 5.32 Å². The SMILES string of the molecule is O=S(O)Cc1cccc(N2CCNCC2)c1. The monoisotopic (exact) mass is 240 g/mol. The quantitative estimate of drug-likeness (QED) is 0.768. The molecule has 0 spiro atoms. The van der Waals surface area contributed by atoms with Crippen molar-refractivity contribution >= 4 is 16.8 Å². The number of rotatable bonds is 3. The van der Waals surface area contributed by atoms with E-state index in [-0.39, 0.29) is 5.75 Å². The molecular formula is C11H16N2O2S. The van der Waals surface area contributed by atoms with E-state index in [2.05, 4.69) is 16.3 Å². The third-order valence-corrected chi connectivity index (χ3v) is 3.26. The Balaban J connectivity index is 2.11. The Morgan fingerprint density at radius 1 is 1.38 bits per heavy atom. The average molecular weight is 240 g/mol. The van der Waals surface area contributed by atoms with Crippen molar-refractivity contribution in [2.45, 2.75) is 5.75 Å². The molecule has 0 bridgehead atoms. The summed E-state index contributed by atoms with van der Waals surface area (Å²) in [7, 11) is 0. The van der Waals surface area contributed by atoms with E-state index >= 15 is 0 Å². The summed E-state index contributed by atoms with van der Waals surface area (Å²) in [5.74, 6) is 0.208. The number of hydrogen-bond donors (Lipinski definition) is 2. The molecule has 1 aromatic carbocycles. The zero-order valence-electron chi connectivity index (χ0n) is 9.06. The van der Waals surface area contributed by atoms with E-state index in [1.807, 2.05) is 18.2 Å². The number of nitrogens with zero attached hydrogens (tertiary/aromatic N) is 1. The molecule has 1 atom stereocenters. The molecule has 5 heteroatoms. The van der Waals surface area contributed by atoms with Gasteiger partial charge in [0.05, 0.1) is 5.75 Å². The Bertz CT molecular complexity index is 378. The molecule has 16 heavy (non-hydrogen) atoms. The maximum absolute atomic E-state index is 10.7. The Morgan fingerprint density at radius 2 is 2.12 bits per heavy atom. The molecule has 0 amide bonds. The van der Waals surface area contributed by atoms with Crippen LogP contribution in [0.2, 0.25) is 0 Å². The van der Waals surface area contributed by atoms with Crippen LogP contribution in [-0.4, -0.2) is 34.9 Å². The van der Waals surface area contributed by atoms with Crippen LogP contribution in [0.15, 0.2) is 24.3 Å². The van der Waals surface area contributed by atoms with Crippen molar-refractivity contribution in [3.8, 4) is 0 Å². The highest BCUT2D eigenvalue weighted by molar-refractivity contribution is 7.78. The van der Waals surface area contributed by atoms with E-state index in [9.17, 15) is 4.21 Å². The lowest BCUT2D eigenvalue weighted by atomic mass is 10.2. The smallest absolute Gasteiger partial charge is 0.157 e. The van der Waals surface area contributed by atoms with Crippen LogP contribution in [0, 0.1) is 0 Å². The Morgan fingerprint density at radius 3 is 2.81 bits per heavy atom. The van der Waals surface area contributed by atoms with Gasteiger partial charge in [-0.05, 0) is 17.7 Å². The summed E-state index contributed by atoms with van der Waals surface area (Å²) in [6, 6.07) is 7.88. The van der Waals surface area contributed by atoms with Crippen molar-refractivity contribution in [1.29, 1.82) is 0 Å². The fourth-order valence-electron chi connectivity index (χ4n) is 1.91. The number of anilines is 1. The van der Waals surface area contributed by atoms with Gasteiger partial charge in [0.1, 0.15) is 0 Å². The molecule has 0 aliphatic carbocycles. The highest BCUT2D eigenvalue weighted by atomic mass is 32.2. The van der Waals surface area contributed by atoms with Gasteiger partial charge in [0, 0.05) is 31.9 Å². The van der Waals surface area contributed by atoms with Gasteiger partial charge in [-0.3, -0.25) is 0 Å². The number of hydrogen-bond acceptors (Lipinski definition) is 3. The van der Waals surface area contributed by atoms with Crippen LogP contribution in [0.5, 0.6) is 0 Å². The second-order valence-corrected chi connectivity index (χ2v) is 4.80. The molecular weight excluding hydrogens is 224 g/mol. The number of piperazine rings is 1. The molecule has 0 radical (unpaired) electrons.